The largest absolute Gasteiger partial charge is 0.378 e. The van der Waals surface area contributed by atoms with Crippen LogP contribution in [0.25, 0.3) is 0 Å². The van der Waals surface area contributed by atoms with Gasteiger partial charge < -0.3 is 15.0 Å². The van der Waals surface area contributed by atoms with Crippen LogP contribution in [-0.2, 0) is 16.0 Å². The molecule has 23 heavy (non-hydrogen) atoms. The summed E-state index contributed by atoms with van der Waals surface area (Å²) in [6.07, 6.45) is 2.86. The second-order valence-electron chi connectivity index (χ2n) is 6.18. The third kappa shape index (κ3) is 4.90. The lowest BCUT2D eigenvalue weighted by Crippen LogP contribution is -2.54. The second-order valence-corrected chi connectivity index (χ2v) is 6.18. The average molecular weight is 343 g/mol. The van der Waals surface area contributed by atoms with E-state index in [1.54, 1.807) is 12.1 Å². The van der Waals surface area contributed by atoms with E-state index >= 15 is 0 Å². The van der Waals surface area contributed by atoms with Crippen molar-refractivity contribution in [2.45, 2.75) is 25.3 Å². The number of carbonyl (C=O) groups excluding carboxylic acids is 1. The molecule has 3 rings (SSSR count). The normalized spacial score (nSPS) is 22.5. The molecule has 0 spiro atoms. The Bertz CT molecular complexity index is 515. The first-order valence-electron chi connectivity index (χ1n) is 8.07. The number of ether oxygens (including phenoxy) is 1. The molecule has 4 nitrogen and oxygen atoms in total. The highest BCUT2D eigenvalue weighted by molar-refractivity contribution is 5.85. The van der Waals surface area contributed by atoms with Gasteiger partial charge in [0, 0.05) is 19.6 Å². The Morgan fingerprint density at radius 3 is 2.78 bits per heavy atom. The van der Waals surface area contributed by atoms with Gasteiger partial charge in [-0.2, -0.15) is 0 Å². The number of benzene rings is 1. The molecule has 0 saturated carbocycles. The fraction of sp³-hybridized carbons (Fsp3) is 0.588. The van der Waals surface area contributed by atoms with E-state index in [0.717, 1.165) is 44.5 Å². The summed E-state index contributed by atoms with van der Waals surface area (Å²) in [5.41, 5.74) is 1.05. The lowest BCUT2D eigenvalue weighted by Gasteiger charge is -2.35. The maximum Gasteiger partial charge on any atom is 0.242 e. The van der Waals surface area contributed by atoms with Crippen LogP contribution in [0.15, 0.2) is 24.3 Å². The SMILES string of the molecule is Cl.O=C(C1COCCN1)N1CCC(Cc2cccc(F)c2)CC1. The summed E-state index contributed by atoms with van der Waals surface area (Å²) in [6.45, 7) is 3.47. The maximum absolute atomic E-state index is 13.2. The Hall–Kier alpha value is -1.17. The van der Waals surface area contributed by atoms with Crippen molar-refractivity contribution in [3.05, 3.63) is 35.6 Å². The van der Waals surface area contributed by atoms with Crippen molar-refractivity contribution in [3.8, 4) is 0 Å². The highest BCUT2D eigenvalue weighted by Gasteiger charge is 2.29. The maximum atomic E-state index is 13.2. The molecule has 2 heterocycles. The lowest BCUT2D eigenvalue weighted by atomic mass is 9.90. The Labute approximate surface area is 142 Å². The van der Waals surface area contributed by atoms with E-state index in [1.807, 2.05) is 11.0 Å². The second kappa shape index (κ2) is 8.62. The van der Waals surface area contributed by atoms with E-state index < -0.39 is 0 Å². The molecule has 0 radical (unpaired) electrons. The van der Waals surface area contributed by atoms with Crippen LogP contribution in [0, 0.1) is 11.7 Å². The van der Waals surface area contributed by atoms with Gasteiger partial charge in [0.15, 0.2) is 0 Å². The van der Waals surface area contributed by atoms with Crippen molar-refractivity contribution >= 4 is 18.3 Å². The lowest BCUT2D eigenvalue weighted by molar-refractivity contribution is -0.137. The molecule has 1 atom stereocenters. The summed E-state index contributed by atoms with van der Waals surface area (Å²) in [5.74, 6) is 0.513. The zero-order valence-electron chi connectivity index (χ0n) is 13.2. The first-order valence-corrected chi connectivity index (χ1v) is 8.07. The molecule has 0 aromatic heterocycles. The smallest absolute Gasteiger partial charge is 0.242 e. The number of nitrogens with zero attached hydrogens (tertiary/aromatic N) is 1. The zero-order valence-corrected chi connectivity index (χ0v) is 14.0. The van der Waals surface area contributed by atoms with Gasteiger partial charge in [-0.25, -0.2) is 4.39 Å². The number of amides is 1. The number of piperidine rings is 1. The number of hydrogen-bond donors (Lipinski definition) is 1. The number of halogens is 2. The minimum absolute atomic E-state index is 0. The van der Waals surface area contributed by atoms with Crippen molar-refractivity contribution in [2.24, 2.45) is 5.92 Å². The highest BCUT2D eigenvalue weighted by Crippen LogP contribution is 2.22. The monoisotopic (exact) mass is 342 g/mol. The number of rotatable bonds is 3. The van der Waals surface area contributed by atoms with Gasteiger partial charge in [-0.1, -0.05) is 12.1 Å². The van der Waals surface area contributed by atoms with Gasteiger partial charge in [0.2, 0.25) is 5.91 Å². The van der Waals surface area contributed by atoms with E-state index in [9.17, 15) is 9.18 Å². The fourth-order valence-electron chi connectivity index (χ4n) is 3.30. The molecule has 0 aliphatic carbocycles. The predicted octanol–water partition coefficient (Wildman–Crippen LogP) is 2.02. The molecule has 1 amide bonds. The summed E-state index contributed by atoms with van der Waals surface area (Å²) in [7, 11) is 0. The summed E-state index contributed by atoms with van der Waals surface area (Å²) in [4.78, 5) is 14.3. The average Bonchev–Trinajstić information content (AvgIpc) is 2.56. The molecule has 128 valence electrons. The molecule has 2 fully saturated rings. The van der Waals surface area contributed by atoms with E-state index in [0.29, 0.717) is 19.1 Å². The molecule has 2 aliphatic rings. The van der Waals surface area contributed by atoms with Crippen LogP contribution in [0.5, 0.6) is 0 Å². The number of nitrogens with one attached hydrogen (secondary N) is 1. The minimum Gasteiger partial charge on any atom is -0.378 e. The first kappa shape index (κ1) is 18.2. The fourth-order valence-corrected chi connectivity index (χ4v) is 3.30. The Balaban J connectivity index is 0.00000192. The Kier molecular flexibility index (Phi) is 6.81. The standard InChI is InChI=1S/C17H23FN2O2.ClH/c18-15-3-1-2-14(11-15)10-13-4-7-20(8-5-13)17(21)16-12-22-9-6-19-16;/h1-3,11,13,16,19H,4-10,12H2;1H. The quantitative estimate of drug-likeness (QED) is 0.913. The van der Waals surface area contributed by atoms with Gasteiger partial charge in [0.25, 0.3) is 0 Å². The summed E-state index contributed by atoms with van der Waals surface area (Å²) < 4.78 is 18.6. The molecule has 1 aromatic carbocycles. The van der Waals surface area contributed by atoms with Crippen LogP contribution >= 0.6 is 12.4 Å². The molecule has 2 saturated heterocycles. The predicted molar refractivity (Wildman–Crippen MR) is 89.3 cm³/mol. The van der Waals surface area contributed by atoms with Crippen LogP contribution < -0.4 is 5.32 Å². The first-order chi connectivity index (χ1) is 10.7. The molecule has 6 heteroatoms. The van der Waals surface area contributed by atoms with Crippen molar-refractivity contribution in [1.29, 1.82) is 0 Å². The third-order valence-electron chi connectivity index (χ3n) is 4.56. The van der Waals surface area contributed by atoms with Gasteiger partial charge >= 0.3 is 0 Å². The number of hydrogen-bond acceptors (Lipinski definition) is 3. The van der Waals surface area contributed by atoms with Gasteiger partial charge in [0.05, 0.1) is 13.2 Å². The van der Waals surface area contributed by atoms with E-state index in [1.165, 1.54) is 6.07 Å². The van der Waals surface area contributed by atoms with Gasteiger partial charge in [-0.3, -0.25) is 4.79 Å². The third-order valence-corrected chi connectivity index (χ3v) is 4.56. The number of morpholine rings is 1. The van der Waals surface area contributed by atoms with E-state index in [4.69, 9.17) is 4.74 Å². The van der Waals surface area contributed by atoms with Crippen LogP contribution in [0.2, 0.25) is 0 Å². The number of carbonyl (C=O) groups is 1. The van der Waals surface area contributed by atoms with Crippen LogP contribution in [0.4, 0.5) is 4.39 Å². The Morgan fingerprint density at radius 1 is 1.35 bits per heavy atom. The van der Waals surface area contributed by atoms with E-state index in [2.05, 4.69) is 5.32 Å². The molecular weight excluding hydrogens is 319 g/mol. The van der Waals surface area contributed by atoms with Gasteiger partial charge in [-0.15, -0.1) is 12.4 Å². The van der Waals surface area contributed by atoms with E-state index in [-0.39, 0.29) is 30.2 Å². The Morgan fingerprint density at radius 2 is 2.13 bits per heavy atom. The zero-order chi connectivity index (χ0) is 15.4. The van der Waals surface area contributed by atoms with Crippen molar-refractivity contribution in [1.82, 2.24) is 10.2 Å². The molecule has 1 N–H and O–H groups in total. The summed E-state index contributed by atoms with van der Waals surface area (Å²) in [5, 5.41) is 3.22. The molecule has 1 unspecified atom stereocenters. The molecular formula is C17H24ClFN2O2. The van der Waals surface area contributed by atoms with Crippen molar-refractivity contribution < 1.29 is 13.9 Å². The topological polar surface area (TPSA) is 41.6 Å². The molecule has 0 bridgehead atoms. The summed E-state index contributed by atoms with van der Waals surface area (Å²) in [6, 6.07) is 6.64. The van der Waals surface area contributed by atoms with Gasteiger partial charge in [0.1, 0.15) is 11.9 Å². The summed E-state index contributed by atoms with van der Waals surface area (Å²) >= 11 is 0. The van der Waals surface area contributed by atoms with Crippen molar-refractivity contribution in [2.75, 3.05) is 32.8 Å². The number of likely N-dealkylation sites (tertiary alicyclic amines) is 1. The van der Waals surface area contributed by atoms with Crippen LogP contribution in [0.1, 0.15) is 18.4 Å². The van der Waals surface area contributed by atoms with Crippen LogP contribution in [0.3, 0.4) is 0 Å². The minimum atomic E-state index is -0.187. The van der Waals surface area contributed by atoms with Gasteiger partial charge in [-0.05, 0) is 42.9 Å². The molecule has 2 aliphatic heterocycles. The highest BCUT2D eigenvalue weighted by atomic mass is 35.5. The van der Waals surface area contributed by atoms with Crippen LogP contribution in [-0.4, -0.2) is 49.7 Å². The molecule has 1 aromatic rings. The van der Waals surface area contributed by atoms with Crippen molar-refractivity contribution in [3.63, 3.8) is 0 Å².